The van der Waals surface area contributed by atoms with Crippen LogP contribution in [0.1, 0.15) is 30.9 Å². The Morgan fingerprint density at radius 1 is 1.00 bits per heavy atom. The van der Waals surface area contributed by atoms with Gasteiger partial charge in [-0.25, -0.2) is 5.32 Å². The molecule has 0 bridgehead atoms. The first kappa shape index (κ1) is 13.0. The maximum atomic E-state index is 4.63. The fraction of sp³-hybridized carbons (Fsp3) is 0.455. The zero-order valence-electron chi connectivity index (χ0n) is 8.72. The highest BCUT2D eigenvalue weighted by atomic mass is 32.1. The van der Waals surface area contributed by atoms with Crippen LogP contribution in [0.4, 0.5) is 0 Å². The highest BCUT2D eigenvalue weighted by molar-refractivity contribution is 7.86. The molecule has 1 fully saturated rings. The summed E-state index contributed by atoms with van der Waals surface area (Å²) in [6, 6.07) is 2.28. The third-order valence-corrected chi connectivity index (χ3v) is 5.13. The summed E-state index contributed by atoms with van der Waals surface area (Å²) < 4.78 is 0. The maximum absolute atomic E-state index is 4.63. The van der Waals surface area contributed by atoms with Crippen LogP contribution in [0, 0.1) is 0 Å². The van der Waals surface area contributed by atoms with Gasteiger partial charge in [0.2, 0.25) is 0 Å². The lowest BCUT2D eigenvalue weighted by atomic mass is 9.97. The molecule has 16 heavy (non-hydrogen) atoms. The van der Waals surface area contributed by atoms with Crippen molar-refractivity contribution in [1.29, 1.82) is 0 Å². The number of hydrogen-bond acceptors (Lipinski definition) is 4. The minimum absolute atomic E-state index is 0.256. The lowest BCUT2D eigenvalue weighted by Gasteiger charge is -2.24. The van der Waals surface area contributed by atoms with Crippen LogP contribution in [0.3, 0.4) is 0 Å². The number of benzene rings is 1. The van der Waals surface area contributed by atoms with Crippen molar-refractivity contribution in [3.05, 3.63) is 11.6 Å². The van der Waals surface area contributed by atoms with E-state index in [2.05, 4.69) is 55.8 Å². The van der Waals surface area contributed by atoms with E-state index < -0.39 is 0 Å². The summed E-state index contributed by atoms with van der Waals surface area (Å²) in [6.45, 7) is 0.949. The van der Waals surface area contributed by atoms with E-state index in [0.717, 1.165) is 38.1 Å². The molecule has 0 saturated carbocycles. The van der Waals surface area contributed by atoms with Crippen LogP contribution in [-0.4, -0.2) is 6.54 Å². The third kappa shape index (κ3) is 2.53. The molecule has 1 aliphatic rings. The van der Waals surface area contributed by atoms with Gasteiger partial charge in [-0.15, -0.1) is 50.5 Å². The van der Waals surface area contributed by atoms with Crippen LogP contribution in [0.5, 0.6) is 0 Å². The number of nitrogens with zero attached hydrogens (tertiary/aromatic N) is 1. The second-order valence-electron chi connectivity index (χ2n) is 3.95. The molecule has 1 heterocycles. The number of thiol groups is 4. The van der Waals surface area contributed by atoms with Crippen LogP contribution in [0.2, 0.25) is 0 Å². The van der Waals surface area contributed by atoms with Gasteiger partial charge in [0.05, 0.1) is 6.04 Å². The van der Waals surface area contributed by atoms with Crippen LogP contribution >= 0.6 is 50.5 Å². The largest absolute Gasteiger partial charge is 0.234 e. The van der Waals surface area contributed by atoms with E-state index in [1.54, 1.807) is 0 Å². The van der Waals surface area contributed by atoms with Crippen LogP contribution in [0.15, 0.2) is 25.6 Å². The Labute approximate surface area is 118 Å². The summed E-state index contributed by atoms with van der Waals surface area (Å²) in [5.41, 5.74) is 1.14. The first-order chi connectivity index (χ1) is 7.61. The van der Waals surface area contributed by atoms with Gasteiger partial charge >= 0.3 is 0 Å². The van der Waals surface area contributed by atoms with E-state index in [1.807, 2.05) is 6.07 Å². The van der Waals surface area contributed by atoms with E-state index in [4.69, 9.17) is 0 Å². The Morgan fingerprint density at radius 3 is 2.38 bits per heavy atom. The Balaban J connectivity index is 2.40. The normalized spacial score (nSPS) is 21.1. The molecule has 0 aromatic heterocycles. The molecule has 1 aromatic carbocycles. The van der Waals surface area contributed by atoms with Crippen LogP contribution in [-0.2, 0) is 0 Å². The van der Waals surface area contributed by atoms with Crippen molar-refractivity contribution < 1.29 is 0 Å². The molecule has 87 valence electrons. The number of rotatable bonds is 1. The first-order valence-electron chi connectivity index (χ1n) is 5.24. The van der Waals surface area contributed by atoms with E-state index in [1.165, 1.54) is 12.8 Å². The Bertz CT molecular complexity index is 399. The molecular formula is C11H14NS4. The van der Waals surface area contributed by atoms with Crippen molar-refractivity contribution in [3.63, 3.8) is 0 Å². The second kappa shape index (κ2) is 5.48. The quantitative estimate of drug-likeness (QED) is 0.564. The van der Waals surface area contributed by atoms with Gasteiger partial charge in [0, 0.05) is 26.1 Å². The van der Waals surface area contributed by atoms with E-state index in [0.29, 0.717) is 0 Å². The summed E-state index contributed by atoms with van der Waals surface area (Å²) in [5, 5.41) is 4.63. The van der Waals surface area contributed by atoms with Crippen molar-refractivity contribution >= 4 is 50.5 Å². The van der Waals surface area contributed by atoms with Gasteiger partial charge in [-0.05, 0) is 24.5 Å². The van der Waals surface area contributed by atoms with Crippen LogP contribution < -0.4 is 5.32 Å². The van der Waals surface area contributed by atoms with Gasteiger partial charge in [0.25, 0.3) is 0 Å². The monoisotopic (exact) mass is 288 g/mol. The van der Waals surface area contributed by atoms with Gasteiger partial charge in [0.15, 0.2) is 0 Å². The van der Waals surface area contributed by atoms with Crippen LogP contribution in [0.25, 0.3) is 0 Å². The molecule has 0 aliphatic carbocycles. The lowest BCUT2D eigenvalue weighted by Crippen LogP contribution is -2.20. The molecular weight excluding hydrogens is 274 g/mol. The molecule has 0 amide bonds. The standard InChI is InChI=1S/C11H14NS4/c13-8-5-6(7-3-1-2-4-12-7)9(14)11(16)10(8)15/h5,7,13-16H,1-4H2. The topological polar surface area (TPSA) is 14.1 Å². The molecule has 2 rings (SSSR count). The fourth-order valence-corrected chi connectivity index (χ4v) is 3.13. The minimum atomic E-state index is 0.256. The van der Waals surface area contributed by atoms with Crippen molar-refractivity contribution in [2.45, 2.75) is 44.9 Å². The van der Waals surface area contributed by atoms with Gasteiger partial charge in [0.1, 0.15) is 0 Å². The zero-order chi connectivity index (χ0) is 11.7. The smallest absolute Gasteiger partial charge is 0.0507 e. The van der Waals surface area contributed by atoms with Crippen molar-refractivity contribution in [2.75, 3.05) is 6.54 Å². The molecule has 0 N–H and O–H groups in total. The molecule has 1 radical (unpaired) electrons. The van der Waals surface area contributed by atoms with E-state index in [-0.39, 0.29) is 6.04 Å². The van der Waals surface area contributed by atoms with Crippen molar-refractivity contribution in [2.24, 2.45) is 0 Å². The summed E-state index contributed by atoms with van der Waals surface area (Å²) >= 11 is 17.7. The Hall–Kier alpha value is 0.580. The third-order valence-electron chi connectivity index (χ3n) is 2.85. The lowest BCUT2D eigenvalue weighted by molar-refractivity contribution is 0.398. The van der Waals surface area contributed by atoms with Crippen molar-refractivity contribution in [3.8, 4) is 0 Å². The predicted molar refractivity (Wildman–Crippen MR) is 79.0 cm³/mol. The minimum Gasteiger partial charge on any atom is -0.234 e. The van der Waals surface area contributed by atoms with E-state index in [9.17, 15) is 0 Å². The number of hydrogen-bond donors (Lipinski definition) is 4. The molecule has 5 heteroatoms. The average Bonchev–Trinajstić information content (AvgIpc) is 2.32. The van der Waals surface area contributed by atoms with Gasteiger partial charge < -0.3 is 0 Å². The summed E-state index contributed by atoms with van der Waals surface area (Å²) in [4.78, 5) is 3.33. The summed E-state index contributed by atoms with van der Waals surface area (Å²) in [6.07, 6.45) is 3.53. The SMILES string of the molecule is Sc1cc(C2CCCC[N]2)c(S)c(S)c1S. The Morgan fingerprint density at radius 2 is 1.75 bits per heavy atom. The van der Waals surface area contributed by atoms with Gasteiger partial charge in [-0.2, -0.15) is 0 Å². The summed E-state index contributed by atoms with van der Waals surface area (Å²) in [5.74, 6) is 0. The molecule has 1 aromatic rings. The first-order valence-corrected chi connectivity index (χ1v) is 7.03. The summed E-state index contributed by atoms with van der Waals surface area (Å²) in [7, 11) is 0. The zero-order valence-corrected chi connectivity index (χ0v) is 12.3. The van der Waals surface area contributed by atoms with Gasteiger partial charge in [-0.3, -0.25) is 0 Å². The Kier molecular flexibility index (Phi) is 4.46. The second-order valence-corrected chi connectivity index (χ2v) is 5.77. The molecule has 0 spiro atoms. The fourth-order valence-electron chi connectivity index (χ4n) is 1.95. The average molecular weight is 289 g/mol. The molecule has 1 aliphatic heterocycles. The molecule has 1 unspecified atom stereocenters. The maximum Gasteiger partial charge on any atom is 0.0507 e. The molecule has 1 nitrogen and oxygen atoms in total. The molecule has 1 saturated heterocycles. The highest BCUT2D eigenvalue weighted by Gasteiger charge is 2.20. The predicted octanol–water partition coefficient (Wildman–Crippen LogP) is 3.67. The van der Waals surface area contributed by atoms with Crippen molar-refractivity contribution in [1.82, 2.24) is 5.32 Å². The highest BCUT2D eigenvalue weighted by Crippen LogP contribution is 2.38. The van der Waals surface area contributed by atoms with Gasteiger partial charge in [-0.1, -0.05) is 6.42 Å². The molecule has 1 atom stereocenters. The number of piperidine rings is 1. The van der Waals surface area contributed by atoms with E-state index >= 15 is 0 Å².